The van der Waals surface area contributed by atoms with Gasteiger partial charge in [0.05, 0.1) is 19.1 Å². The molecule has 0 amide bonds. The van der Waals surface area contributed by atoms with Crippen LogP contribution < -0.4 is 15.0 Å². The summed E-state index contributed by atoms with van der Waals surface area (Å²) in [6.07, 6.45) is 0. The van der Waals surface area contributed by atoms with Crippen molar-refractivity contribution in [1.82, 2.24) is 15.0 Å². The highest BCUT2D eigenvalue weighted by Crippen LogP contribution is 2.15. The second-order valence-electron chi connectivity index (χ2n) is 3.76. The molecule has 0 aliphatic heterocycles. The van der Waals surface area contributed by atoms with E-state index < -0.39 is 0 Å². The van der Waals surface area contributed by atoms with Crippen LogP contribution in [0.3, 0.4) is 0 Å². The fourth-order valence-corrected chi connectivity index (χ4v) is 1.41. The van der Waals surface area contributed by atoms with Gasteiger partial charge in [0.1, 0.15) is 0 Å². The van der Waals surface area contributed by atoms with Crippen molar-refractivity contribution < 1.29 is 4.74 Å². The van der Waals surface area contributed by atoms with Gasteiger partial charge in [0.25, 0.3) is 0 Å². The molecule has 7 heteroatoms. The topological polar surface area (TPSA) is 87.0 Å². The minimum Gasteiger partial charge on any atom is -0.467 e. The van der Waals surface area contributed by atoms with Gasteiger partial charge in [0.2, 0.25) is 11.9 Å². The SMILES string of the molecule is CCN(CC(C)C#N)c1nc(NC)nc(OC)n1. The Morgan fingerprint density at radius 1 is 1.44 bits per heavy atom. The van der Waals surface area contributed by atoms with Gasteiger partial charge in [-0.3, -0.25) is 0 Å². The molecule has 0 radical (unpaired) electrons. The molecule has 0 aliphatic carbocycles. The fraction of sp³-hybridized carbons (Fsp3) is 0.636. The lowest BCUT2D eigenvalue weighted by Gasteiger charge is -2.22. The van der Waals surface area contributed by atoms with Crippen molar-refractivity contribution >= 4 is 11.9 Å². The molecule has 1 rings (SSSR count). The Bertz CT molecular complexity index is 408. The molecule has 0 saturated carbocycles. The van der Waals surface area contributed by atoms with Crippen LogP contribution in [-0.4, -0.2) is 42.2 Å². The summed E-state index contributed by atoms with van der Waals surface area (Å²) in [5, 5.41) is 11.7. The molecule has 0 saturated heterocycles. The van der Waals surface area contributed by atoms with Gasteiger partial charge in [0, 0.05) is 20.1 Å². The molecule has 1 aromatic rings. The van der Waals surface area contributed by atoms with Crippen LogP contribution in [0.5, 0.6) is 6.01 Å². The fourth-order valence-electron chi connectivity index (χ4n) is 1.41. The molecule has 18 heavy (non-hydrogen) atoms. The van der Waals surface area contributed by atoms with E-state index >= 15 is 0 Å². The maximum atomic E-state index is 8.86. The Labute approximate surface area is 107 Å². The Hall–Kier alpha value is -2.10. The van der Waals surface area contributed by atoms with E-state index in [0.717, 1.165) is 0 Å². The number of hydrogen-bond acceptors (Lipinski definition) is 7. The maximum absolute atomic E-state index is 8.86. The predicted molar refractivity (Wildman–Crippen MR) is 68.6 cm³/mol. The summed E-state index contributed by atoms with van der Waals surface area (Å²) in [5.74, 6) is 0.862. The van der Waals surface area contributed by atoms with Gasteiger partial charge < -0.3 is 15.0 Å². The van der Waals surface area contributed by atoms with Gasteiger partial charge in [0.15, 0.2) is 0 Å². The van der Waals surface area contributed by atoms with Crippen LogP contribution in [0.4, 0.5) is 11.9 Å². The maximum Gasteiger partial charge on any atom is 0.322 e. The Kier molecular flexibility index (Phi) is 5.11. The lowest BCUT2D eigenvalue weighted by Crippen LogP contribution is -2.30. The number of rotatable bonds is 6. The van der Waals surface area contributed by atoms with Crippen LogP contribution in [0.25, 0.3) is 0 Å². The van der Waals surface area contributed by atoms with E-state index in [2.05, 4.69) is 26.3 Å². The number of hydrogen-bond donors (Lipinski definition) is 1. The zero-order chi connectivity index (χ0) is 13.5. The Morgan fingerprint density at radius 2 is 2.17 bits per heavy atom. The van der Waals surface area contributed by atoms with Crippen molar-refractivity contribution in [1.29, 1.82) is 5.26 Å². The second kappa shape index (κ2) is 6.59. The summed E-state index contributed by atoms with van der Waals surface area (Å²) in [5.41, 5.74) is 0. The van der Waals surface area contributed by atoms with E-state index in [4.69, 9.17) is 10.00 Å². The molecule has 1 atom stereocenters. The quantitative estimate of drug-likeness (QED) is 0.802. The van der Waals surface area contributed by atoms with Gasteiger partial charge in [-0.2, -0.15) is 20.2 Å². The molecular weight excluding hydrogens is 232 g/mol. The number of methoxy groups -OCH3 is 1. The summed E-state index contributed by atoms with van der Waals surface area (Å²) < 4.78 is 5.03. The first kappa shape index (κ1) is 14.0. The monoisotopic (exact) mass is 250 g/mol. The summed E-state index contributed by atoms with van der Waals surface area (Å²) in [6.45, 7) is 5.13. The largest absolute Gasteiger partial charge is 0.467 e. The number of nitrogens with one attached hydrogen (secondary N) is 1. The van der Waals surface area contributed by atoms with Crippen molar-refractivity contribution in [3.8, 4) is 12.1 Å². The van der Waals surface area contributed by atoms with Crippen LogP contribution >= 0.6 is 0 Å². The van der Waals surface area contributed by atoms with Gasteiger partial charge in [-0.15, -0.1) is 0 Å². The Morgan fingerprint density at radius 3 is 2.67 bits per heavy atom. The number of nitriles is 1. The van der Waals surface area contributed by atoms with Crippen molar-refractivity contribution in [2.75, 3.05) is 37.5 Å². The van der Waals surface area contributed by atoms with Crippen LogP contribution in [0.2, 0.25) is 0 Å². The minimum absolute atomic E-state index is 0.0919. The Balaban J connectivity index is 3.01. The van der Waals surface area contributed by atoms with Crippen LogP contribution in [0.15, 0.2) is 0 Å². The molecule has 0 spiro atoms. The highest BCUT2D eigenvalue weighted by Gasteiger charge is 2.14. The molecule has 1 heterocycles. The van der Waals surface area contributed by atoms with Gasteiger partial charge in [-0.25, -0.2) is 0 Å². The lowest BCUT2D eigenvalue weighted by molar-refractivity contribution is 0.378. The molecule has 1 aromatic heterocycles. The third kappa shape index (κ3) is 3.45. The lowest BCUT2D eigenvalue weighted by atomic mass is 10.2. The molecule has 0 fully saturated rings. The zero-order valence-electron chi connectivity index (χ0n) is 11.1. The van der Waals surface area contributed by atoms with E-state index in [1.54, 1.807) is 7.05 Å². The van der Waals surface area contributed by atoms with Crippen molar-refractivity contribution in [2.45, 2.75) is 13.8 Å². The van der Waals surface area contributed by atoms with E-state index in [0.29, 0.717) is 25.0 Å². The number of anilines is 2. The standard InChI is InChI=1S/C11H18N6O/c1-5-17(7-8(2)6-12)10-14-9(13-3)15-11(16-10)18-4/h8H,5,7H2,1-4H3,(H,13,14,15,16). The van der Waals surface area contributed by atoms with Crippen LogP contribution in [0.1, 0.15) is 13.8 Å². The highest BCUT2D eigenvalue weighted by molar-refractivity contribution is 5.38. The highest BCUT2D eigenvalue weighted by atomic mass is 16.5. The molecule has 0 aromatic carbocycles. The van der Waals surface area contributed by atoms with Gasteiger partial charge >= 0.3 is 6.01 Å². The second-order valence-corrected chi connectivity index (χ2v) is 3.76. The molecule has 1 unspecified atom stereocenters. The van der Waals surface area contributed by atoms with Crippen molar-refractivity contribution in [2.24, 2.45) is 5.92 Å². The van der Waals surface area contributed by atoms with Crippen molar-refractivity contribution in [3.63, 3.8) is 0 Å². The van der Waals surface area contributed by atoms with E-state index in [1.165, 1.54) is 7.11 Å². The molecule has 7 nitrogen and oxygen atoms in total. The van der Waals surface area contributed by atoms with Gasteiger partial charge in [-0.1, -0.05) is 0 Å². The average molecular weight is 250 g/mol. The first-order valence-electron chi connectivity index (χ1n) is 5.77. The summed E-state index contributed by atoms with van der Waals surface area (Å²) in [7, 11) is 3.24. The smallest absolute Gasteiger partial charge is 0.322 e. The summed E-state index contributed by atoms with van der Waals surface area (Å²) >= 11 is 0. The summed E-state index contributed by atoms with van der Waals surface area (Å²) in [4.78, 5) is 14.4. The third-order valence-corrected chi connectivity index (χ3v) is 2.39. The first-order valence-corrected chi connectivity index (χ1v) is 5.77. The van der Waals surface area contributed by atoms with Crippen LogP contribution in [-0.2, 0) is 0 Å². The number of ether oxygens (including phenoxy) is 1. The number of nitrogens with zero attached hydrogens (tertiary/aromatic N) is 5. The normalized spacial score (nSPS) is 11.5. The predicted octanol–water partition coefficient (Wildman–Crippen LogP) is 0.908. The van der Waals surface area contributed by atoms with E-state index in [1.807, 2.05) is 18.7 Å². The molecule has 0 bridgehead atoms. The number of aromatic nitrogens is 3. The molecule has 0 aliphatic rings. The minimum atomic E-state index is -0.0919. The van der Waals surface area contributed by atoms with Crippen LogP contribution in [0, 0.1) is 17.2 Å². The molecule has 98 valence electrons. The third-order valence-electron chi connectivity index (χ3n) is 2.39. The molecule has 1 N–H and O–H groups in total. The first-order chi connectivity index (χ1) is 8.64. The van der Waals surface area contributed by atoms with E-state index in [-0.39, 0.29) is 11.9 Å². The van der Waals surface area contributed by atoms with E-state index in [9.17, 15) is 0 Å². The zero-order valence-corrected chi connectivity index (χ0v) is 11.1. The van der Waals surface area contributed by atoms with Crippen molar-refractivity contribution in [3.05, 3.63) is 0 Å². The molecular formula is C11H18N6O. The van der Waals surface area contributed by atoms with Gasteiger partial charge in [-0.05, 0) is 13.8 Å². The summed E-state index contributed by atoms with van der Waals surface area (Å²) in [6, 6.07) is 2.45. The average Bonchev–Trinajstić information content (AvgIpc) is 2.43.